The maximum atomic E-state index is 13.7. The average molecular weight is 463 g/mol. The quantitative estimate of drug-likeness (QED) is 0.690. The van der Waals surface area contributed by atoms with Gasteiger partial charge in [-0.1, -0.05) is 6.07 Å². The number of nitrogens with zero attached hydrogens (tertiary/aromatic N) is 6. The van der Waals surface area contributed by atoms with Crippen molar-refractivity contribution in [3.8, 4) is 0 Å². The Labute approximate surface area is 199 Å². The van der Waals surface area contributed by atoms with Gasteiger partial charge in [0.25, 0.3) is 5.91 Å². The molecule has 9 nitrogen and oxygen atoms in total. The SMILES string of the molecule is Cc1ccc([C@@H]2CCON2C(=O)[C@@H]2CCN(c3nccc(N4CCCC4=O)n3)CC23CC3)cn1. The van der Waals surface area contributed by atoms with Gasteiger partial charge in [0.05, 0.1) is 12.6 Å². The Morgan fingerprint density at radius 1 is 1.15 bits per heavy atom. The van der Waals surface area contributed by atoms with Gasteiger partial charge >= 0.3 is 0 Å². The van der Waals surface area contributed by atoms with E-state index in [9.17, 15) is 9.59 Å². The molecule has 1 aliphatic carbocycles. The van der Waals surface area contributed by atoms with E-state index < -0.39 is 0 Å². The lowest BCUT2D eigenvalue weighted by Gasteiger charge is -2.40. The molecular weight excluding hydrogens is 432 g/mol. The Morgan fingerprint density at radius 2 is 2.03 bits per heavy atom. The van der Waals surface area contributed by atoms with Crippen LogP contribution in [0.2, 0.25) is 0 Å². The molecule has 0 aromatic carbocycles. The number of hydrogen-bond acceptors (Lipinski definition) is 7. The van der Waals surface area contributed by atoms with E-state index in [0.29, 0.717) is 37.9 Å². The van der Waals surface area contributed by atoms with E-state index in [0.717, 1.165) is 49.9 Å². The van der Waals surface area contributed by atoms with Crippen molar-refractivity contribution in [2.75, 3.05) is 36.0 Å². The topological polar surface area (TPSA) is 91.8 Å². The van der Waals surface area contributed by atoms with E-state index in [1.165, 1.54) is 0 Å². The molecule has 2 aromatic rings. The zero-order chi connectivity index (χ0) is 23.3. The molecule has 178 valence electrons. The van der Waals surface area contributed by atoms with Crippen LogP contribution in [0.25, 0.3) is 0 Å². The molecule has 9 heteroatoms. The molecule has 0 bridgehead atoms. The smallest absolute Gasteiger partial charge is 0.250 e. The second kappa shape index (κ2) is 8.30. The number of hydroxylamine groups is 2. The highest BCUT2D eigenvalue weighted by atomic mass is 16.7. The van der Waals surface area contributed by atoms with Crippen LogP contribution < -0.4 is 9.80 Å². The Hall–Kier alpha value is -3.07. The first-order chi connectivity index (χ1) is 16.5. The standard InChI is InChI=1S/C25H30N6O3/c1-17-4-5-18(15-27-17)20-8-14-34-31(20)23(33)19-7-13-29(16-25(19)9-10-25)24-26-11-6-21(28-24)30-12-2-3-22(30)32/h4-6,11,15,19-20H,2-3,7-10,12-14,16H2,1H3/t19-,20-/m0/s1. The Morgan fingerprint density at radius 3 is 2.76 bits per heavy atom. The molecular formula is C25H30N6O3. The zero-order valence-electron chi connectivity index (χ0n) is 19.5. The molecule has 2 amide bonds. The third-order valence-electron chi connectivity index (χ3n) is 7.82. The van der Waals surface area contributed by atoms with Crippen molar-refractivity contribution in [1.29, 1.82) is 0 Å². The highest BCUT2D eigenvalue weighted by Crippen LogP contribution is 2.57. The number of aryl methyl sites for hydroxylation is 1. The van der Waals surface area contributed by atoms with E-state index in [-0.39, 0.29) is 29.2 Å². The van der Waals surface area contributed by atoms with Gasteiger partial charge in [0.15, 0.2) is 0 Å². The van der Waals surface area contributed by atoms with Gasteiger partial charge in [0.2, 0.25) is 11.9 Å². The maximum Gasteiger partial charge on any atom is 0.250 e. The predicted molar refractivity (Wildman–Crippen MR) is 125 cm³/mol. The Balaban J connectivity index is 1.18. The minimum atomic E-state index is -0.0764. The van der Waals surface area contributed by atoms with Gasteiger partial charge in [0.1, 0.15) is 5.82 Å². The summed E-state index contributed by atoms with van der Waals surface area (Å²) in [6.45, 7) is 4.69. The summed E-state index contributed by atoms with van der Waals surface area (Å²) >= 11 is 0. The van der Waals surface area contributed by atoms with Gasteiger partial charge in [-0.25, -0.2) is 10.0 Å². The van der Waals surface area contributed by atoms with Crippen LogP contribution >= 0.6 is 0 Å². The van der Waals surface area contributed by atoms with Crippen molar-refractivity contribution in [1.82, 2.24) is 20.0 Å². The lowest BCUT2D eigenvalue weighted by molar-refractivity contribution is -0.185. The van der Waals surface area contributed by atoms with E-state index in [1.54, 1.807) is 22.2 Å². The molecule has 0 radical (unpaired) electrons. The molecule has 0 N–H and O–H groups in total. The van der Waals surface area contributed by atoms with E-state index in [1.807, 2.05) is 25.3 Å². The minimum absolute atomic E-state index is 0.0554. The number of carbonyl (C=O) groups is 2. The number of amides is 2. The number of aromatic nitrogens is 3. The highest BCUT2D eigenvalue weighted by molar-refractivity contribution is 5.94. The third-order valence-corrected chi connectivity index (χ3v) is 7.82. The molecule has 3 saturated heterocycles. The second-order valence-corrected chi connectivity index (χ2v) is 10.0. The van der Waals surface area contributed by atoms with Gasteiger partial charge in [-0.2, -0.15) is 4.98 Å². The predicted octanol–water partition coefficient (Wildman–Crippen LogP) is 2.82. The van der Waals surface area contributed by atoms with Crippen LogP contribution in [0.5, 0.6) is 0 Å². The maximum absolute atomic E-state index is 13.7. The zero-order valence-corrected chi connectivity index (χ0v) is 19.5. The molecule has 2 atom stereocenters. The number of rotatable bonds is 4. The number of pyridine rings is 1. The fourth-order valence-corrected chi connectivity index (χ4v) is 5.74. The van der Waals surface area contributed by atoms with Gasteiger partial charge < -0.3 is 4.90 Å². The molecule has 1 saturated carbocycles. The van der Waals surface area contributed by atoms with Crippen molar-refractivity contribution in [3.05, 3.63) is 41.9 Å². The molecule has 4 fully saturated rings. The van der Waals surface area contributed by atoms with Gasteiger partial charge in [-0.3, -0.25) is 24.3 Å². The van der Waals surface area contributed by atoms with Crippen LogP contribution in [-0.4, -0.2) is 58.1 Å². The Kier molecular flexibility index (Phi) is 5.24. The van der Waals surface area contributed by atoms with Gasteiger partial charge in [0, 0.05) is 56.5 Å². The summed E-state index contributed by atoms with van der Waals surface area (Å²) in [6.07, 6.45) is 8.62. The summed E-state index contributed by atoms with van der Waals surface area (Å²) in [6, 6.07) is 5.77. The summed E-state index contributed by atoms with van der Waals surface area (Å²) in [4.78, 5) is 49.3. The summed E-state index contributed by atoms with van der Waals surface area (Å²) in [5.74, 6) is 1.48. The molecule has 3 aliphatic heterocycles. The lowest BCUT2D eigenvalue weighted by atomic mass is 9.81. The number of anilines is 2. The first-order valence-corrected chi connectivity index (χ1v) is 12.3. The lowest BCUT2D eigenvalue weighted by Crippen LogP contribution is -2.49. The van der Waals surface area contributed by atoms with Crippen LogP contribution in [0.1, 0.15) is 55.8 Å². The van der Waals surface area contributed by atoms with E-state index in [2.05, 4.69) is 14.9 Å². The summed E-state index contributed by atoms with van der Waals surface area (Å²) in [7, 11) is 0. The van der Waals surface area contributed by atoms with Crippen molar-refractivity contribution in [2.24, 2.45) is 11.3 Å². The van der Waals surface area contributed by atoms with Crippen LogP contribution in [0.15, 0.2) is 30.6 Å². The largest absolute Gasteiger partial charge is 0.340 e. The monoisotopic (exact) mass is 462 g/mol. The minimum Gasteiger partial charge on any atom is -0.340 e. The van der Waals surface area contributed by atoms with Crippen LogP contribution in [0, 0.1) is 18.3 Å². The molecule has 4 aliphatic rings. The Bertz CT molecular complexity index is 1100. The highest BCUT2D eigenvalue weighted by Gasteiger charge is 2.57. The second-order valence-electron chi connectivity index (χ2n) is 10.0. The summed E-state index contributed by atoms with van der Waals surface area (Å²) < 4.78 is 0. The summed E-state index contributed by atoms with van der Waals surface area (Å²) in [5, 5.41) is 1.63. The van der Waals surface area contributed by atoms with Crippen molar-refractivity contribution in [3.63, 3.8) is 0 Å². The van der Waals surface area contributed by atoms with Crippen molar-refractivity contribution < 1.29 is 14.4 Å². The number of piperidine rings is 1. The molecule has 0 unspecified atom stereocenters. The van der Waals surface area contributed by atoms with Gasteiger partial charge in [-0.05, 0) is 55.7 Å². The number of carbonyl (C=O) groups excluding carboxylic acids is 2. The average Bonchev–Trinajstić information content (AvgIpc) is 3.23. The van der Waals surface area contributed by atoms with Crippen LogP contribution in [0.4, 0.5) is 11.8 Å². The molecule has 2 aromatic heterocycles. The summed E-state index contributed by atoms with van der Waals surface area (Å²) in [5.41, 5.74) is 1.94. The van der Waals surface area contributed by atoms with Crippen molar-refractivity contribution >= 4 is 23.6 Å². The van der Waals surface area contributed by atoms with Crippen LogP contribution in [-0.2, 0) is 14.4 Å². The molecule has 5 heterocycles. The molecule has 34 heavy (non-hydrogen) atoms. The fourth-order valence-electron chi connectivity index (χ4n) is 5.74. The van der Waals surface area contributed by atoms with Gasteiger partial charge in [-0.15, -0.1) is 0 Å². The third kappa shape index (κ3) is 3.72. The normalized spacial score (nSPS) is 25.9. The van der Waals surface area contributed by atoms with E-state index in [4.69, 9.17) is 9.82 Å². The van der Waals surface area contributed by atoms with Crippen LogP contribution in [0.3, 0.4) is 0 Å². The first kappa shape index (κ1) is 21.5. The molecule has 1 spiro atoms. The first-order valence-electron chi connectivity index (χ1n) is 12.3. The van der Waals surface area contributed by atoms with E-state index >= 15 is 0 Å². The molecule has 6 rings (SSSR count). The fraction of sp³-hybridized carbons (Fsp3) is 0.560. The number of hydrogen-bond donors (Lipinski definition) is 0. The van der Waals surface area contributed by atoms with Crippen molar-refractivity contribution in [2.45, 2.75) is 51.5 Å².